The Hall–Kier alpha value is -1.62. The lowest BCUT2D eigenvalue weighted by molar-refractivity contribution is 0.0701. The highest BCUT2D eigenvalue weighted by Gasteiger charge is 2.26. The first-order chi connectivity index (χ1) is 7.27. The molecule has 1 aliphatic rings. The Kier molecular flexibility index (Phi) is 1.70. The van der Waals surface area contributed by atoms with Gasteiger partial charge in [-0.25, -0.2) is 4.79 Å². The van der Waals surface area contributed by atoms with Crippen molar-refractivity contribution in [3.63, 3.8) is 0 Å². The number of aromatic carboxylic acids is 1. The Morgan fingerprint density at radius 1 is 1.53 bits per heavy atom. The molecule has 0 bridgehead atoms. The molecule has 0 aliphatic heterocycles. The molecule has 0 unspecified atom stereocenters. The molecule has 0 radical (unpaired) electrons. The SMILES string of the molecule is O=C(O)c1scc2c1CCc1cnoc1-2. The van der Waals surface area contributed by atoms with E-state index < -0.39 is 5.97 Å². The molecule has 0 atom stereocenters. The molecule has 5 heteroatoms. The fourth-order valence-corrected chi connectivity index (χ4v) is 2.86. The third-order valence-corrected chi connectivity index (χ3v) is 3.63. The fraction of sp³-hybridized carbons (Fsp3) is 0.200. The number of carboxylic acids is 1. The van der Waals surface area contributed by atoms with Gasteiger partial charge in [-0.2, -0.15) is 0 Å². The molecule has 0 amide bonds. The monoisotopic (exact) mass is 221 g/mol. The van der Waals surface area contributed by atoms with Crippen LogP contribution in [0, 0.1) is 0 Å². The van der Waals surface area contributed by atoms with E-state index in [1.165, 1.54) is 11.3 Å². The zero-order chi connectivity index (χ0) is 10.4. The maximum atomic E-state index is 10.9. The van der Waals surface area contributed by atoms with Crippen LogP contribution < -0.4 is 0 Å². The molecule has 1 aliphatic carbocycles. The first-order valence-corrected chi connectivity index (χ1v) is 5.43. The van der Waals surface area contributed by atoms with Crippen LogP contribution >= 0.6 is 11.3 Å². The lowest BCUT2D eigenvalue weighted by atomic mass is 9.93. The van der Waals surface area contributed by atoms with Crippen LogP contribution in [0.25, 0.3) is 11.3 Å². The highest BCUT2D eigenvalue weighted by Crippen LogP contribution is 2.38. The number of nitrogens with zero attached hydrogens (tertiary/aromatic N) is 1. The second-order valence-electron chi connectivity index (χ2n) is 3.44. The summed E-state index contributed by atoms with van der Waals surface area (Å²) >= 11 is 1.25. The van der Waals surface area contributed by atoms with Gasteiger partial charge in [0.25, 0.3) is 0 Å². The van der Waals surface area contributed by atoms with Crippen LogP contribution in [0.5, 0.6) is 0 Å². The summed E-state index contributed by atoms with van der Waals surface area (Å²) in [5, 5.41) is 14.6. The predicted octanol–water partition coefficient (Wildman–Crippen LogP) is 2.20. The molecule has 0 aromatic carbocycles. The number of aromatic nitrogens is 1. The van der Waals surface area contributed by atoms with Gasteiger partial charge in [0.05, 0.1) is 6.20 Å². The minimum absolute atomic E-state index is 0.423. The third-order valence-electron chi connectivity index (χ3n) is 2.62. The maximum Gasteiger partial charge on any atom is 0.346 e. The number of fused-ring (bicyclic) bond motifs is 3. The van der Waals surface area contributed by atoms with E-state index in [1.807, 2.05) is 5.38 Å². The summed E-state index contributed by atoms with van der Waals surface area (Å²) in [5.74, 6) is -0.121. The molecule has 2 heterocycles. The van der Waals surface area contributed by atoms with Crippen molar-refractivity contribution in [1.82, 2.24) is 5.16 Å². The van der Waals surface area contributed by atoms with Gasteiger partial charge in [0, 0.05) is 16.5 Å². The predicted molar refractivity (Wildman–Crippen MR) is 54.2 cm³/mol. The van der Waals surface area contributed by atoms with Gasteiger partial charge in [0.15, 0.2) is 5.76 Å². The van der Waals surface area contributed by atoms with Crippen molar-refractivity contribution in [3.05, 3.63) is 27.6 Å². The maximum absolute atomic E-state index is 10.9. The van der Waals surface area contributed by atoms with Gasteiger partial charge in [-0.1, -0.05) is 5.16 Å². The van der Waals surface area contributed by atoms with E-state index >= 15 is 0 Å². The molecule has 0 saturated carbocycles. The molecule has 15 heavy (non-hydrogen) atoms. The molecule has 3 rings (SSSR count). The molecule has 76 valence electrons. The van der Waals surface area contributed by atoms with Crippen molar-refractivity contribution in [2.75, 3.05) is 0 Å². The molecule has 2 aromatic rings. The van der Waals surface area contributed by atoms with E-state index in [9.17, 15) is 4.79 Å². The van der Waals surface area contributed by atoms with Crippen molar-refractivity contribution in [1.29, 1.82) is 0 Å². The zero-order valence-electron chi connectivity index (χ0n) is 7.69. The van der Waals surface area contributed by atoms with Crippen molar-refractivity contribution in [2.24, 2.45) is 0 Å². The normalized spacial score (nSPS) is 13.3. The minimum Gasteiger partial charge on any atom is -0.477 e. The largest absolute Gasteiger partial charge is 0.477 e. The molecule has 0 spiro atoms. The smallest absolute Gasteiger partial charge is 0.346 e. The van der Waals surface area contributed by atoms with E-state index in [0.29, 0.717) is 4.88 Å². The van der Waals surface area contributed by atoms with Crippen molar-refractivity contribution < 1.29 is 14.4 Å². The lowest BCUT2D eigenvalue weighted by Crippen LogP contribution is -2.04. The average Bonchev–Trinajstić information content (AvgIpc) is 2.82. The summed E-state index contributed by atoms with van der Waals surface area (Å²) in [7, 11) is 0. The number of thiophene rings is 1. The van der Waals surface area contributed by atoms with Crippen LogP contribution in [0.4, 0.5) is 0 Å². The van der Waals surface area contributed by atoms with Crippen molar-refractivity contribution in [2.45, 2.75) is 12.8 Å². The molecule has 4 nitrogen and oxygen atoms in total. The zero-order valence-corrected chi connectivity index (χ0v) is 8.50. The van der Waals surface area contributed by atoms with Gasteiger partial charge in [0.1, 0.15) is 4.88 Å². The number of carboxylic acid groups (broad SMARTS) is 1. The molecule has 0 fully saturated rings. The fourth-order valence-electron chi connectivity index (χ4n) is 1.92. The summed E-state index contributed by atoms with van der Waals surface area (Å²) in [5.41, 5.74) is 2.85. The van der Waals surface area contributed by atoms with E-state index in [1.54, 1.807) is 6.20 Å². The standard InChI is InChI=1S/C10H7NO3S/c12-10(13)9-6-2-1-5-3-11-14-8(5)7(6)4-15-9/h3-4H,1-2H2,(H,12,13). The number of hydrogen-bond acceptors (Lipinski definition) is 4. The Labute approximate surface area is 89.1 Å². The second kappa shape index (κ2) is 2.93. The minimum atomic E-state index is -0.857. The van der Waals surface area contributed by atoms with Crippen LogP contribution in [-0.4, -0.2) is 16.2 Å². The summed E-state index contributed by atoms with van der Waals surface area (Å²) in [6, 6.07) is 0. The Morgan fingerprint density at radius 2 is 2.40 bits per heavy atom. The Morgan fingerprint density at radius 3 is 3.20 bits per heavy atom. The van der Waals surface area contributed by atoms with Gasteiger partial charge >= 0.3 is 5.97 Å². The van der Waals surface area contributed by atoms with Crippen LogP contribution in [-0.2, 0) is 12.8 Å². The Balaban J connectivity index is 2.23. The van der Waals surface area contributed by atoms with E-state index in [2.05, 4.69) is 5.16 Å². The topological polar surface area (TPSA) is 63.3 Å². The number of rotatable bonds is 1. The van der Waals surface area contributed by atoms with E-state index in [-0.39, 0.29) is 0 Å². The molecular weight excluding hydrogens is 214 g/mol. The molecule has 1 N–H and O–H groups in total. The van der Waals surface area contributed by atoms with Crippen molar-refractivity contribution >= 4 is 17.3 Å². The number of aryl methyl sites for hydroxylation is 1. The van der Waals surface area contributed by atoms with E-state index in [4.69, 9.17) is 9.63 Å². The summed E-state index contributed by atoms with van der Waals surface area (Å²) in [4.78, 5) is 11.4. The van der Waals surface area contributed by atoms with Gasteiger partial charge in [-0.05, 0) is 18.4 Å². The van der Waals surface area contributed by atoms with Crippen molar-refractivity contribution in [3.8, 4) is 11.3 Å². The highest BCUT2D eigenvalue weighted by atomic mass is 32.1. The molecular formula is C10H7NO3S. The van der Waals surface area contributed by atoms with Crippen LogP contribution in [0.15, 0.2) is 16.1 Å². The first kappa shape index (κ1) is 8.67. The highest BCUT2D eigenvalue weighted by molar-refractivity contribution is 7.12. The summed E-state index contributed by atoms with van der Waals surface area (Å²) in [6.45, 7) is 0. The summed E-state index contributed by atoms with van der Waals surface area (Å²) < 4.78 is 5.14. The average molecular weight is 221 g/mol. The van der Waals surface area contributed by atoms with Crippen LogP contribution in [0.1, 0.15) is 20.8 Å². The Bertz CT molecular complexity index is 541. The number of hydrogen-bond donors (Lipinski definition) is 1. The van der Waals surface area contributed by atoms with Gasteiger partial charge in [-0.3, -0.25) is 0 Å². The third kappa shape index (κ3) is 1.13. The van der Waals surface area contributed by atoms with Crippen LogP contribution in [0.3, 0.4) is 0 Å². The van der Waals surface area contributed by atoms with Gasteiger partial charge in [-0.15, -0.1) is 11.3 Å². The second-order valence-corrected chi connectivity index (χ2v) is 4.32. The molecule has 2 aromatic heterocycles. The van der Waals surface area contributed by atoms with Gasteiger partial charge in [0.2, 0.25) is 0 Å². The first-order valence-electron chi connectivity index (χ1n) is 4.55. The van der Waals surface area contributed by atoms with E-state index in [0.717, 1.165) is 35.3 Å². The number of carbonyl (C=O) groups is 1. The van der Waals surface area contributed by atoms with Crippen LogP contribution in [0.2, 0.25) is 0 Å². The lowest BCUT2D eigenvalue weighted by Gasteiger charge is -2.09. The molecule has 0 saturated heterocycles. The quantitative estimate of drug-likeness (QED) is 0.801. The van der Waals surface area contributed by atoms with Gasteiger partial charge < -0.3 is 9.63 Å². The summed E-state index contributed by atoms with van der Waals surface area (Å²) in [6.07, 6.45) is 3.27.